The van der Waals surface area contributed by atoms with Gasteiger partial charge in [-0.25, -0.2) is 9.67 Å². The van der Waals surface area contributed by atoms with Gasteiger partial charge in [0, 0.05) is 41.3 Å². The lowest BCUT2D eigenvalue weighted by atomic mass is 10.1. The van der Waals surface area contributed by atoms with E-state index in [-0.39, 0.29) is 6.61 Å². The van der Waals surface area contributed by atoms with Gasteiger partial charge in [-0.2, -0.15) is 5.10 Å². The third-order valence-corrected chi connectivity index (χ3v) is 4.35. The normalized spacial score (nSPS) is 11.1. The monoisotopic (exact) mass is 330 g/mol. The summed E-state index contributed by atoms with van der Waals surface area (Å²) in [6.45, 7) is 2.11. The molecule has 0 amide bonds. The van der Waals surface area contributed by atoms with Crippen LogP contribution in [0.15, 0.2) is 61.3 Å². The summed E-state index contributed by atoms with van der Waals surface area (Å²) in [6, 6.07) is 10.2. The highest BCUT2D eigenvalue weighted by Crippen LogP contribution is 2.26. The van der Waals surface area contributed by atoms with Crippen LogP contribution in [0.25, 0.3) is 27.7 Å². The quantitative estimate of drug-likeness (QED) is 0.622. The molecule has 4 rings (SSSR count). The molecule has 0 spiro atoms. The van der Waals surface area contributed by atoms with E-state index in [9.17, 15) is 5.11 Å². The minimum Gasteiger partial charge on any atom is -0.392 e. The molecule has 124 valence electrons. The molecule has 0 bridgehead atoms. The van der Waals surface area contributed by atoms with E-state index in [1.54, 1.807) is 23.3 Å². The summed E-state index contributed by atoms with van der Waals surface area (Å²) in [7, 11) is 0. The molecule has 1 aromatic carbocycles. The lowest BCUT2D eigenvalue weighted by Crippen LogP contribution is -2.00. The molecule has 5 heteroatoms. The molecule has 0 aliphatic heterocycles. The van der Waals surface area contributed by atoms with Gasteiger partial charge in [-0.05, 0) is 29.0 Å². The number of hydrogen-bond acceptors (Lipinski definition) is 4. The first-order valence-electron chi connectivity index (χ1n) is 8.27. The van der Waals surface area contributed by atoms with E-state index < -0.39 is 0 Å². The zero-order valence-corrected chi connectivity index (χ0v) is 13.9. The summed E-state index contributed by atoms with van der Waals surface area (Å²) in [4.78, 5) is 8.81. The smallest absolute Gasteiger partial charge is 0.161 e. The molecule has 0 aliphatic carbocycles. The summed E-state index contributed by atoms with van der Waals surface area (Å²) in [5, 5.41) is 16.1. The van der Waals surface area contributed by atoms with Crippen LogP contribution >= 0.6 is 0 Å². The summed E-state index contributed by atoms with van der Waals surface area (Å²) in [5.74, 6) is 0.810. The summed E-state index contributed by atoms with van der Waals surface area (Å²) in [5.41, 5.74) is 3.87. The SMILES string of the molecule is CCc1cnc(-n2cc(-c3cncc(CO)c3)cn2)c2ccccc12. The molecule has 0 aliphatic rings. The average molecular weight is 330 g/mol. The van der Waals surface area contributed by atoms with E-state index in [0.29, 0.717) is 0 Å². The molecular weight excluding hydrogens is 312 g/mol. The summed E-state index contributed by atoms with van der Waals surface area (Å²) in [6.07, 6.45) is 10.0. The molecule has 0 atom stereocenters. The maximum atomic E-state index is 9.29. The predicted molar refractivity (Wildman–Crippen MR) is 97.4 cm³/mol. The van der Waals surface area contributed by atoms with Gasteiger partial charge in [-0.3, -0.25) is 4.98 Å². The van der Waals surface area contributed by atoms with Gasteiger partial charge in [0.2, 0.25) is 0 Å². The Labute approximate surface area is 145 Å². The third-order valence-electron chi connectivity index (χ3n) is 4.35. The van der Waals surface area contributed by atoms with Gasteiger partial charge in [0.25, 0.3) is 0 Å². The van der Waals surface area contributed by atoms with Crippen LogP contribution in [-0.4, -0.2) is 24.9 Å². The Kier molecular flexibility index (Phi) is 3.99. The van der Waals surface area contributed by atoms with E-state index in [0.717, 1.165) is 34.3 Å². The maximum absolute atomic E-state index is 9.29. The van der Waals surface area contributed by atoms with Crippen molar-refractivity contribution in [3.63, 3.8) is 0 Å². The number of benzene rings is 1. The van der Waals surface area contributed by atoms with Gasteiger partial charge < -0.3 is 5.11 Å². The second-order valence-electron chi connectivity index (χ2n) is 5.92. The van der Waals surface area contributed by atoms with Crippen molar-refractivity contribution in [1.29, 1.82) is 0 Å². The van der Waals surface area contributed by atoms with Crippen molar-refractivity contribution in [1.82, 2.24) is 19.7 Å². The lowest BCUT2D eigenvalue weighted by molar-refractivity contribution is 0.281. The first-order valence-corrected chi connectivity index (χ1v) is 8.27. The molecule has 3 heterocycles. The van der Waals surface area contributed by atoms with E-state index in [1.807, 2.05) is 30.6 Å². The first-order chi connectivity index (χ1) is 12.3. The standard InChI is InChI=1S/C20H18N4O/c1-2-15-10-22-20(19-6-4-3-5-18(15)19)24-12-17(11-23-24)16-7-14(13-25)8-21-9-16/h3-12,25H,2,13H2,1H3. The van der Waals surface area contributed by atoms with Gasteiger partial charge in [0.1, 0.15) is 0 Å². The number of aliphatic hydroxyl groups excluding tert-OH is 1. The number of nitrogens with zero attached hydrogens (tertiary/aromatic N) is 4. The number of aliphatic hydroxyl groups is 1. The summed E-state index contributed by atoms with van der Waals surface area (Å²) >= 11 is 0. The van der Waals surface area contributed by atoms with Crippen molar-refractivity contribution in [3.8, 4) is 16.9 Å². The minimum atomic E-state index is -0.0281. The Morgan fingerprint density at radius 1 is 1.00 bits per heavy atom. The largest absolute Gasteiger partial charge is 0.392 e. The Balaban J connectivity index is 1.82. The zero-order valence-electron chi connectivity index (χ0n) is 13.9. The molecule has 25 heavy (non-hydrogen) atoms. The van der Waals surface area contributed by atoms with Crippen LogP contribution in [0.5, 0.6) is 0 Å². The zero-order chi connectivity index (χ0) is 17.2. The van der Waals surface area contributed by atoms with Gasteiger partial charge in [0.15, 0.2) is 5.82 Å². The Hall–Kier alpha value is -3.05. The van der Waals surface area contributed by atoms with Crippen LogP contribution in [0.4, 0.5) is 0 Å². The number of pyridine rings is 2. The van der Waals surface area contributed by atoms with Crippen molar-refractivity contribution < 1.29 is 5.11 Å². The molecular formula is C20H18N4O. The predicted octanol–water partition coefficient (Wildman–Crippen LogP) is 3.54. The van der Waals surface area contributed by atoms with Crippen LogP contribution < -0.4 is 0 Å². The van der Waals surface area contributed by atoms with E-state index in [1.165, 1.54) is 10.9 Å². The molecule has 5 nitrogen and oxygen atoms in total. The molecule has 1 N–H and O–H groups in total. The Bertz CT molecular complexity index is 1040. The molecule has 0 unspecified atom stereocenters. The van der Waals surface area contributed by atoms with E-state index >= 15 is 0 Å². The second kappa shape index (κ2) is 6.45. The molecule has 3 aromatic heterocycles. The maximum Gasteiger partial charge on any atom is 0.161 e. The van der Waals surface area contributed by atoms with Crippen LogP contribution in [0.2, 0.25) is 0 Å². The van der Waals surface area contributed by atoms with Crippen molar-refractivity contribution in [2.75, 3.05) is 0 Å². The fourth-order valence-corrected chi connectivity index (χ4v) is 3.02. The highest BCUT2D eigenvalue weighted by atomic mass is 16.3. The molecule has 4 aromatic rings. The molecule has 0 radical (unpaired) electrons. The van der Waals surface area contributed by atoms with Crippen LogP contribution in [0.1, 0.15) is 18.1 Å². The van der Waals surface area contributed by atoms with Crippen molar-refractivity contribution in [2.45, 2.75) is 20.0 Å². The van der Waals surface area contributed by atoms with Crippen molar-refractivity contribution >= 4 is 10.8 Å². The van der Waals surface area contributed by atoms with Crippen molar-refractivity contribution in [3.05, 3.63) is 72.4 Å². The van der Waals surface area contributed by atoms with Gasteiger partial charge in [0.05, 0.1) is 12.8 Å². The second-order valence-corrected chi connectivity index (χ2v) is 5.92. The van der Waals surface area contributed by atoms with E-state index in [4.69, 9.17) is 0 Å². The van der Waals surface area contributed by atoms with Crippen LogP contribution in [-0.2, 0) is 13.0 Å². The molecule has 0 saturated heterocycles. The highest BCUT2D eigenvalue weighted by Gasteiger charge is 2.10. The van der Waals surface area contributed by atoms with Gasteiger partial charge in [-0.1, -0.05) is 31.2 Å². The van der Waals surface area contributed by atoms with Crippen LogP contribution in [0.3, 0.4) is 0 Å². The Morgan fingerprint density at radius 3 is 2.64 bits per heavy atom. The van der Waals surface area contributed by atoms with Crippen molar-refractivity contribution in [2.24, 2.45) is 0 Å². The fraction of sp³-hybridized carbons (Fsp3) is 0.150. The van der Waals surface area contributed by atoms with Gasteiger partial charge >= 0.3 is 0 Å². The third kappa shape index (κ3) is 2.79. The lowest BCUT2D eigenvalue weighted by Gasteiger charge is -2.09. The number of aromatic nitrogens is 4. The van der Waals surface area contributed by atoms with Gasteiger partial charge in [-0.15, -0.1) is 0 Å². The number of fused-ring (bicyclic) bond motifs is 1. The number of rotatable bonds is 4. The van der Waals surface area contributed by atoms with Crippen LogP contribution in [0, 0.1) is 0 Å². The molecule has 0 fully saturated rings. The highest BCUT2D eigenvalue weighted by molar-refractivity contribution is 5.91. The Morgan fingerprint density at radius 2 is 1.84 bits per heavy atom. The topological polar surface area (TPSA) is 63.8 Å². The first kappa shape index (κ1) is 15.5. The average Bonchev–Trinajstić information content (AvgIpc) is 3.17. The number of hydrogen-bond donors (Lipinski definition) is 1. The molecule has 0 saturated carbocycles. The summed E-state index contributed by atoms with van der Waals surface area (Å²) < 4.78 is 1.79. The number of aryl methyl sites for hydroxylation is 1. The van der Waals surface area contributed by atoms with E-state index in [2.05, 4.69) is 34.1 Å². The fourth-order valence-electron chi connectivity index (χ4n) is 3.02. The minimum absolute atomic E-state index is 0.0281.